The highest BCUT2D eigenvalue weighted by atomic mass is 32.2. The quantitative estimate of drug-likeness (QED) is 0.570. The Kier molecular flexibility index (Phi) is 5.97. The van der Waals surface area contributed by atoms with Crippen molar-refractivity contribution in [2.45, 2.75) is 0 Å². The molecule has 0 aliphatic carbocycles. The number of ether oxygens (including phenoxy) is 2. The van der Waals surface area contributed by atoms with Crippen molar-refractivity contribution in [1.29, 1.82) is 5.26 Å². The minimum atomic E-state index is -0.228. The van der Waals surface area contributed by atoms with Crippen LogP contribution in [0.2, 0.25) is 0 Å². The van der Waals surface area contributed by atoms with Crippen LogP contribution in [0.1, 0.15) is 5.56 Å². The number of hydrogen-bond donors (Lipinski definition) is 0. The second kappa shape index (κ2) is 7.58. The summed E-state index contributed by atoms with van der Waals surface area (Å²) in [6.45, 7) is 0.521. The van der Waals surface area contributed by atoms with Gasteiger partial charge in [0.25, 0.3) is 0 Å². The number of benzene rings is 1. The van der Waals surface area contributed by atoms with Crippen LogP contribution in [0.25, 0.3) is 0 Å². The van der Waals surface area contributed by atoms with Gasteiger partial charge in [-0.15, -0.1) is 11.8 Å². The highest BCUT2D eigenvalue weighted by Gasteiger charge is 2.00. The molecule has 1 aromatic rings. The van der Waals surface area contributed by atoms with E-state index < -0.39 is 0 Å². The van der Waals surface area contributed by atoms with Gasteiger partial charge in [-0.2, -0.15) is 5.26 Å². The Morgan fingerprint density at radius 1 is 1.41 bits per heavy atom. The number of nitriles is 1. The molecule has 1 aromatic carbocycles. The lowest BCUT2D eigenvalue weighted by atomic mass is 10.2. The highest BCUT2D eigenvalue weighted by Crippen LogP contribution is 2.12. The predicted octanol–water partition coefficient (Wildman–Crippen LogP) is 1.84. The van der Waals surface area contributed by atoms with Crippen LogP contribution in [-0.4, -0.2) is 31.2 Å². The molecule has 0 aromatic heterocycles. The van der Waals surface area contributed by atoms with Crippen LogP contribution in [0, 0.1) is 11.3 Å². The molecule has 0 heterocycles. The Morgan fingerprint density at radius 2 is 2.12 bits per heavy atom. The van der Waals surface area contributed by atoms with Crippen LogP contribution < -0.4 is 4.74 Å². The van der Waals surface area contributed by atoms with Crippen molar-refractivity contribution in [3.63, 3.8) is 0 Å². The van der Waals surface area contributed by atoms with Gasteiger partial charge in [0.1, 0.15) is 5.75 Å². The number of methoxy groups -OCH3 is 1. The molecule has 0 radical (unpaired) electrons. The number of carbonyl (C=O) groups excluding carboxylic acids is 1. The molecule has 0 atom stereocenters. The molecule has 17 heavy (non-hydrogen) atoms. The van der Waals surface area contributed by atoms with Gasteiger partial charge in [-0.05, 0) is 24.3 Å². The summed E-state index contributed by atoms with van der Waals surface area (Å²) < 4.78 is 9.95. The van der Waals surface area contributed by atoms with Crippen molar-refractivity contribution < 1.29 is 14.3 Å². The Morgan fingerprint density at radius 3 is 2.71 bits per heavy atom. The van der Waals surface area contributed by atoms with Gasteiger partial charge < -0.3 is 9.47 Å². The maximum Gasteiger partial charge on any atom is 0.315 e. The van der Waals surface area contributed by atoms with Crippen LogP contribution in [0.3, 0.4) is 0 Å². The van der Waals surface area contributed by atoms with Crippen LogP contribution in [0.5, 0.6) is 5.75 Å². The van der Waals surface area contributed by atoms with Crippen LogP contribution in [0.15, 0.2) is 24.3 Å². The Bertz CT molecular complexity index is 397. The first kappa shape index (κ1) is 13.4. The van der Waals surface area contributed by atoms with Gasteiger partial charge in [0.15, 0.2) is 0 Å². The molecule has 0 bridgehead atoms. The molecular weight excluding hydrogens is 238 g/mol. The molecule has 0 aliphatic rings. The molecule has 5 heteroatoms. The Hall–Kier alpha value is -1.67. The maximum atomic E-state index is 10.8. The van der Waals surface area contributed by atoms with E-state index in [2.05, 4.69) is 4.74 Å². The standard InChI is InChI=1S/C12H13NO3S/c1-15-12(14)9-17-7-6-16-11-4-2-10(8-13)3-5-11/h2-5H,6-7,9H2,1H3. The van der Waals surface area contributed by atoms with Gasteiger partial charge in [0.2, 0.25) is 0 Å². The number of esters is 1. The number of nitrogens with zero attached hydrogens (tertiary/aromatic N) is 1. The van der Waals surface area contributed by atoms with Crippen molar-refractivity contribution in [2.75, 3.05) is 25.2 Å². The summed E-state index contributed by atoms with van der Waals surface area (Å²) in [6, 6.07) is 8.96. The van der Waals surface area contributed by atoms with Gasteiger partial charge >= 0.3 is 5.97 Å². The van der Waals surface area contributed by atoms with Gasteiger partial charge in [-0.25, -0.2) is 0 Å². The van der Waals surface area contributed by atoms with E-state index in [-0.39, 0.29) is 5.97 Å². The molecule has 0 spiro atoms. The summed E-state index contributed by atoms with van der Waals surface area (Å²) in [5.41, 5.74) is 0.609. The topological polar surface area (TPSA) is 59.3 Å². The lowest BCUT2D eigenvalue weighted by Crippen LogP contribution is -2.06. The lowest BCUT2D eigenvalue weighted by molar-refractivity contribution is -0.137. The zero-order valence-electron chi connectivity index (χ0n) is 9.51. The molecule has 0 fully saturated rings. The lowest BCUT2D eigenvalue weighted by Gasteiger charge is -2.05. The van der Waals surface area contributed by atoms with Gasteiger partial charge in [0.05, 0.1) is 31.1 Å². The largest absolute Gasteiger partial charge is 0.493 e. The zero-order valence-corrected chi connectivity index (χ0v) is 10.3. The molecule has 0 amide bonds. The van der Waals surface area contributed by atoms with E-state index in [1.165, 1.54) is 18.9 Å². The van der Waals surface area contributed by atoms with E-state index in [0.29, 0.717) is 17.9 Å². The van der Waals surface area contributed by atoms with E-state index in [1.54, 1.807) is 24.3 Å². The fourth-order valence-electron chi connectivity index (χ4n) is 1.06. The summed E-state index contributed by atoms with van der Waals surface area (Å²) in [5.74, 6) is 1.55. The van der Waals surface area contributed by atoms with Crippen molar-refractivity contribution in [2.24, 2.45) is 0 Å². The summed E-state index contributed by atoms with van der Waals surface area (Å²) in [7, 11) is 1.37. The van der Waals surface area contributed by atoms with Crippen LogP contribution in [0.4, 0.5) is 0 Å². The van der Waals surface area contributed by atoms with Crippen molar-refractivity contribution in [3.8, 4) is 11.8 Å². The first-order valence-corrected chi connectivity index (χ1v) is 6.19. The average Bonchev–Trinajstić information content (AvgIpc) is 2.38. The van der Waals surface area contributed by atoms with Crippen LogP contribution >= 0.6 is 11.8 Å². The van der Waals surface area contributed by atoms with E-state index >= 15 is 0 Å². The molecule has 90 valence electrons. The molecule has 0 unspecified atom stereocenters. The predicted molar refractivity (Wildman–Crippen MR) is 66.0 cm³/mol. The summed E-state index contributed by atoms with van der Waals surface area (Å²) in [5, 5.41) is 8.61. The summed E-state index contributed by atoms with van der Waals surface area (Å²) >= 11 is 1.46. The zero-order chi connectivity index (χ0) is 12.5. The highest BCUT2D eigenvalue weighted by molar-refractivity contribution is 7.99. The van der Waals surface area contributed by atoms with Crippen molar-refractivity contribution in [1.82, 2.24) is 0 Å². The molecule has 0 N–H and O–H groups in total. The van der Waals surface area contributed by atoms with Gasteiger partial charge in [-0.1, -0.05) is 0 Å². The molecule has 0 saturated carbocycles. The second-order valence-electron chi connectivity index (χ2n) is 3.11. The molecule has 0 saturated heterocycles. The summed E-state index contributed by atoms with van der Waals surface area (Å²) in [6.07, 6.45) is 0. The first-order valence-electron chi connectivity index (χ1n) is 5.04. The summed E-state index contributed by atoms with van der Waals surface area (Å²) in [4.78, 5) is 10.8. The Labute approximate surface area is 105 Å². The normalized spacial score (nSPS) is 9.41. The molecule has 0 aliphatic heterocycles. The number of rotatable bonds is 6. The minimum absolute atomic E-state index is 0.228. The SMILES string of the molecule is COC(=O)CSCCOc1ccc(C#N)cc1. The second-order valence-corrected chi connectivity index (χ2v) is 4.22. The smallest absolute Gasteiger partial charge is 0.315 e. The van der Waals surface area contributed by atoms with E-state index in [0.717, 1.165) is 11.5 Å². The van der Waals surface area contributed by atoms with E-state index in [9.17, 15) is 4.79 Å². The molecule has 1 rings (SSSR count). The molecule has 4 nitrogen and oxygen atoms in total. The third kappa shape index (κ3) is 5.27. The number of hydrogen-bond acceptors (Lipinski definition) is 5. The average molecular weight is 251 g/mol. The minimum Gasteiger partial charge on any atom is -0.493 e. The van der Waals surface area contributed by atoms with Crippen molar-refractivity contribution >= 4 is 17.7 Å². The number of carbonyl (C=O) groups is 1. The van der Waals surface area contributed by atoms with Gasteiger partial charge in [0, 0.05) is 5.75 Å². The van der Waals surface area contributed by atoms with Crippen LogP contribution in [-0.2, 0) is 9.53 Å². The van der Waals surface area contributed by atoms with E-state index in [4.69, 9.17) is 10.00 Å². The first-order chi connectivity index (χ1) is 8.26. The third-order valence-corrected chi connectivity index (χ3v) is 2.82. The third-order valence-electron chi connectivity index (χ3n) is 1.93. The Balaban J connectivity index is 2.18. The fraction of sp³-hybridized carbons (Fsp3) is 0.333. The monoisotopic (exact) mass is 251 g/mol. The maximum absolute atomic E-state index is 10.8. The molecular formula is C12H13NO3S. The fourth-order valence-corrected chi connectivity index (χ4v) is 1.69. The van der Waals surface area contributed by atoms with Gasteiger partial charge in [-0.3, -0.25) is 4.79 Å². The van der Waals surface area contributed by atoms with E-state index in [1.807, 2.05) is 6.07 Å². The number of thioether (sulfide) groups is 1. The van der Waals surface area contributed by atoms with Crippen molar-refractivity contribution in [3.05, 3.63) is 29.8 Å².